The topological polar surface area (TPSA) is 69.2 Å². The molecule has 1 atom stereocenters. The Hall–Kier alpha value is -2.21. The first-order chi connectivity index (χ1) is 11.2. The second-order valence-corrected chi connectivity index (χ2v) is 5.91. The van der Waals surface area contributed by atoms with E-state index in [4.69, 9.17) is 9.47 Å². The normalized spacial score (nSPS) is 17.4. The average molecular weight is 314 g/mol. The van der Waals surface area contributed by atoms with Crippen LogP contribution in [0.3, 0.4) is 0 Å². The van der Waals surface area contributed by atoms with Gasteiger partial charge in [0.2, 0.25) is 5.88 Å². The van der Waals surface area contributed by atoms with E-state index in [9.17, 15) is 0 Å². The van der Waals surface area contributed by atoms with Crippen LogP contribution < -0.4 is 10.1 Å². The van der Waals surface area contributed by atoms with E-state index in [0.29, 0.717) is 24.9 Å². The van der Waals surface area contributed by atoms with Gasteiger partial charge in [0.1, 0.15) is 17.7 Å². The fourth-order valence-corrected chi connectivity index (χ4v) is 2.34. The van der Waals surface area contributed by atoms with Crippen LogP contribution in [0.15, 0.2) is 30.6 Å². The molecule has 1 fully saturated rings. The van der Waals surface area contributed by atoms with E-state index < -0.39 is 0 Å². The highest BCUT2D eigenvalue weighted by atomic mass is 16.5. The molecule has 2 aromatic rings. The highest BCUT2D eigenvalue weighted by molar-refractivity contribution is 5.35. The molecule has 0 amide bonds. The van der Waals surface area contributed by atoms with Gasteiger partial charge in [-0.05, 0) is 17.7 Å². The molecule has 1 aliphatic heterocycles. The number of aromatic nitrogens is 3. The zero-order valence-corrected chi connectivity index (χ0v) is 13.5. The molecule has 0 radical (unpaired) electrons. The second kappa shape index (κ2) is 7.37. The number of rotatable bonds is 6. The third kappa shape index (κ3) is 4.39. The fraction of sp³-hybridized carbons (Fsp3) is 0.471. The lowest BCUT2D eigenvalue weighted by molar-refractivity contribution is 0.138. The van der Waals surface area contributed by atoms with E-state index in [2.05, 4.69) is 34.1 Å². The van der Waals surface area contributed by atoms with Crippen molar-refractivity contribution < 1.29 is 9.47 Å². The third-order valence-electron chi connectivity index (χ3n) is 3.64. The number of anilines is 1. The summed E-state index contributed by atoms with van der Waals surface area (Å²) in [5, 5.41) is 3.32. The molecule has 1 unspecified atom stereocenters. The van der Waals surface area contributed by atoms with Gasteiger partial charge in [0.05, 0.1) is 13.2 Å². The molecule has 6 nitrogen and oxygen atoms in total. The monoisotopic (exact) mass is 314 g/mol. The van der Waals surface area contributed by atoms with Crippen LogP contribution in [0.5, 0.6) is 5.88 Å². The Balaban J connectivity index is 1.60. The van der Waals surface area contributed by atoms with Gasteiger partial charge < -0.3 is 14.8 Å². The van der Waals surface area contributed by atoms with E-state index in [1.807, 2.05) is 18.2 Å². The minimum absolute atomic E-state index is 0.112. The molecule has 0 aliphatic carbocycles. The van der Waals surface area contributed by atoms with Gasteiger partial charge in [-0.15, -0.1) is 0 Å². The van der Waals surface area contributed by atoms with Crippen molar-refractivity contribution in [1.29, 1.82) is 0 Å². The van der Waals surface area contributed by atoms with Crippen molar-refractivity contribution in [2.75, 3.05) is 18.5 Å². The van der Waals surface area contributed by atoms with Crippen LogP contribution in [0.2, 0.25) is 0 Å². The van der Waals surface area contributed by atoms with Gasteiger partial charge in [0, 0.05) is 37.3 Å². The lowest BCUT2D eigenvalue weighted by Gasteiger charge is -2.12. The van der Waals surface area contributed by atoms with Crippen LogP contribution >= 0.6 is 0 Å². The zero-order chi connectivity index (χ0) is 16.1. The summed E-state index contributed by atoms with van der Waals surface area (Å²) >= 11 is 0. The number of ether oxygens (including phenoxy) is 2. The first-order valence-electron chi connectivity index (χ1n) is 7.97. The van der Waals surface area contributed by atoms with Gasteiger partial charge in [0.15, 0.2) is 0 Å². The molecular weight excluding hydrogens is 292 g/mol. The standard InChI is InChI=1S/C17H22N4O2/c1-12(2)17-19-7-4-15(21-17)20-10-13-3-6-18-16(9-13)23-14-5-8-22-11-14/h3-4,6-7,9,12,14H,5,8,10-11H2,1-2H3,(H,19,20,21). The fourth-order valence-electron chi connectivity index (χ4n) is 2.34. The first kappa shape index (κ1) is 15.7. The Bertz CT molecular complexity index is 642. The van der Waals surface area contributed by atoms with Crippen LogP contribution in [0, 0.1) is 0 Å². The largest absolute Gasteiger partial charge is 0.472 e. The Morgan fingerprint density at radius 1 is 1.30 bits per heavy atom. The van der Waals surface area contributed by atoms with Crippen molar-refractivity contribution in [3.63, 3.8) is 0 Å². The molecule has 1 saturated heterocycles. The minimum Gasteiger partial charge on any atom is -0.472 e. The van der Waals surface area contributed by atoms with Gasteiger partial charge in [-0.25, -0.2) is 15.0 Å². The highest BCUT2D eigenvalue weighted by Gasteiger charge is 2.17. The molecule has 1 N–H and O–H groups in total. The summed E-state index contributed by atoms with van der Waals surface area (Å²) < 4.78 is 11.1. The number of pyridine rings is 1. The van der Waals surface area contributed by atoms with Crippen molar-refractivity contribution in [2.45, 2.75) is 38.8 Å². The maximum atomic E-state index is 5.83. The Morgan fingerprint density at radius 2 is 2.17 bits per heavy atom. The van der Waals surface area contributed by atoms with Crippen molar-refractivity contribution in [3.05, 3.63) is 42.0 Å². The molecule has 3 heterocycles. The molecular formula is C17H22N4O2. The summed E-state index contributed by atoms with van der Waals surface area (Å²) in [6.07, 6.45) is 4.58. The lowest BCUT2D eigenvalue weighted by atomic mass is 10.2. The molecule has 0 spiro atoms. The van der Waals surface area contributed by atoms with Gasteiger partial charge in [-0.1, -0.05) is 13.8 Å². The summed E-state index contributed by atoms with van der Waals surface area (Å²) in [5.41, 5.74) is 1.10. The van der Waals surface area contributed by atoms with Gasteiger partial charge in [-0.2, -0.15) is 0 Å². The van der Waals surface area contributed by atoms with Crippen LogP contribution in [0.1, 0.15) is 37.6 Å². The van der Waals surface area contributed by atoms with Crippen molar-refractivity contribution >= 4 is 5.82 Å². The lowest BCUT2D eigenvalue weighted by Crippen LogP contribution is -2.16. The summed E-state index contributed by atoms with van der Waals surface area (Å²) in [5.74, 6) is 2.62. The predicted molar refractivity (Wildman–Crippen MR) is 87.5 cm³/mol. The Kier molecular flexibility index (Phi) is 5.02. The first-order valence-corrected chi connectivity index (χ1v) is 7.97. The van der Waals surface area contributed by atoms with Gasteiger partial charge >= 0.3 is 0 Å². The highest BCUT2D eigenvalue weighted by Crippen LogP contribution is 2.17. The summed E-state index contributed by atoms with van der Waals surface area (Å²) in [7, 11) is 0. The van der Waals surface area contributed by atoms with E-state index in [0.717, 1.165) is 30.2 Å². The average Bonchev–Trinajstić information content (AvgIpc) is 3.06. The maximum absolute atomic E-state index is 5.83. The Labute approximate surface area is 136 Å². The van der Waals surface area contributed by atoms with Gasteiger partial charge in [-0.3, -0.25) is 0 Å². The number of nitrogens with zero attached hydrogens (tertiary/aromatic N) is 3. The molecule has 2 aromatic heterocycles. The Morgan fingerprint density at radius 3 is 2.96 bits per heavy atom. The molecule has 1 aliphatic rings. The summed E-state index contributed by atoms with van der Waals surface area (Å²) in [6, 6.07) is 5.80. The van der Waals surface area contributed by atoms with Crippen molar-refractivity contribution in [2.24, 2.45) is 0 Å². The predicted octanol–water partition coefficient (Wildman–Crippen LogP) is 2.77. The van der Waals surface area contributed by atoms with Crippen LogP contribution in [-0.2, 0) is 11.3 Å². The molecule has 23 heavy (non-hydrogen) atoms. The SMILES string of the molecule is CC(C)c1nccc(NCc2ccnc(OC3CCOC3)c2)n1. The van der Waals surface area contributed by atoms with Crippen LogP contribution in [0.25, 0.3) is 0 Å². The van der Waals surface area contributed by atoms with Crippen molar-refractivity contribution in [3.8, 4) is 5.88 Å². The molecule has 0 aromatic carbocycles. The quantitative estimate of drug-likeness (QED) is 0.884. The molecule has 122 valence electrons. The third-order valence-corrected chi connectivity index (χ3v) is 3.64. The number of hydrogen-bond acceptors (Lipinski definition) is 6. The second-order valence-electron chi connectivity index (χ2n) is 5.91. The van der Waals surface area contributed by atoms with E-state index >= 15 is 0 Å². The minimum atomic E-state index is 0.112. The van der Waals surface area contributed by atoms with Crippen molar-refractivity contribution in [1.82, 2.24) is 15.0 Å². The van der Waals surface area contributed by atoms with Crippen LogP contribution in [0.4, 0.5) is 5.82 Å². The molecule has 0 saturated carbocycles. The summed E-state index contributed by atoms with van der Waals surface area (Å²) in [6.45, 7) is 6.23. The van der Waals surface area contributed by atoms with E-state index in [1.54, 1.807) is 12.4 Å². The van der Waals surface area contributed by atoms with E-state index in [1.165, 1.54) is 0 Å². The maximum Gasteiger partial charge on any atom is 0.213 e. The zero-order valence-electron chi connectivity index (χ0n) is 13.5. The summed E-state index contributed by atoms with van der Waals surface area (Å²) in [4.78, 5) is 13.0. The smallest absolute Gasteiger partial charge is 0.213 e. The number of hydrogen-bond donors (Lipinski definition) is 1. The van der Waals surface area contributed by atoms with Crippen LogP contribution in [-0.4, -0.2) is 34.3 Å². The molecule has 3 rings (SSSR count). The molecule has 0 bridgehead atoms. The molecule has 6 heteroatoms. The van der Waals surface area contributed by atoms with E-state index in [-0.39, 0.29) is 6.10 Å². The number of nitrogens with one attached hydrogen (secondary N) is 1. The van der Waals surface area contributed by atoms with Gasteiger partial charge in [0.25, 0.3) is 0 Å².